The predicted molar refractivity (Wildman–Crippen MR) is 77.1 cm³/mol. The lowest BCUT2D eigenvalue weighted by molar-refractivity contribution is -0.140. The van der Waals surface area contributed by atoms with Crippen LogP contribution in [0.2, 0.25) is 0 Å². The van der Waals surface area contributed by atoms with Gasteiger partial charge in [0.05, 0.1) is 0 Å². The number of hydrogen-bond acceptors (Lipinski definition) is 4. The molecule has 1 amide bonds. The Balaban J connectivity index is 2.95. The number of hydrogen-bond donors (Lipinski definition) is 2. The summed E-state index contributed by atoms with van der Waals surface area (Å²) in [6, 6.07) is 1.59. The summed E-state index contributed by atoms with van der Waals surface area (Å²) in [7, 11) is 0. The van der Waals surface area contributed by atoms with E-state index in [1.54, 1.807) is 6.92 Å². The fraction of sp³-hybridized carbons (Fsp3) is 0.571. The second kappa shape index (κ2) is 7.56. The maximum absolute atomic E-state index is 12.1. The Morgan fingerprint density at radius 2 is 2.05 bits per heavy atom. The Morgan fingerprint density at radius 1 is 1.38 bits per heavy atom. The smallest absolute Gasteiger partial charge is 0.326 e. The highest BCUT2D eigenvalue weighted by Gasteiger charge is 2.26. The van der Waals surface area contributed by atoms with Crippen LogP contribution < -0.4 is 10.9 Å². The largest absolute Gasteiger partial charge is 0.480 e. The molecule has 0 aliphatic carbocycles. The van der Waals surface area contributed by atoms with E-state index in [2.05, 4.69) is 10.4 Å². The monoisotopic (exact) mass is 295 g/mol. The molecule has 0 saturated heterocycles. The van der Waals surface area contributed by atoms with E-state index < -0.39 is 17.9 Å². The van der Waals surface area contributed by atoms with Gasteiger partial charge in [0.2, 0.25) is 0 Å². The van der Waals surface area contributed by atoms with E-state index in [4.69, 9.17) is 5.11 Å². The molecule has 0 saturated carbocycles. The van der Waals surface area contributed by atoms with Crippen LogP contribution in [0.25, 0.3) is 0 Å². The SMILES string of the molecule is CCCn1nc(C(=O)N[C@H](C(=O)O)[C@@H](C)CC)ccc1=O. The third-order valence-electron chi connectivity index (χ3n) is 3.30. The molecular weight excluding hydrogens is 274 g/mol. The van der Waals surface area contributed by atoms with Crippen LogP contribution in [0.15, 0.2) is 16.9 Å². The number of amides is 1. The molecular formula is C14H21N3O4. The van der Waals surface area contributed by atoms with Crippen molar-refractivity contribution in [1.29, 1.82) is 0 Å². The summed E-state index contributed by atoms with van der Waals surface area (Å²) in [5.41, 5.74) is -0.247. The summed E-state index contributed by atoms with van der Waals surface area (Å²) in [4.78, 5) is 34.8. The van der Waals surface area contributed by atoms with Crippen molar-refractivity contribution in [3.8, 4) is 0 Å². The van der Waals surface area contributed by atoms with E-state index in [0.717, 1.165) is 0 Å². The number of carboxylic acids is 1. The van der Waals surface area contributed by atoms with E-state index in [1.807, 2.05) is 13.8 Å². The van der Waals surface area contributed by atoms with Crippen molar-refractivity contribution < 1.29 is 14.7 Å². The van der Waals surface area contributed by atoms with Gasteiger partial charge in [0.25, 0.3) is 11.5 Å². The number of aromatic nitrogens is 2. The minimum absolute atomic E-state index is 0.0394. The molecule has 1 aromatic rings. The van der Waals surface area contributed by atoms with Crippen LogP contribution in [0.1, 0.15) is 44.1 Å². The molecule has 0 spiro atoms. The van der Waals surface area contributed by atoms with Crippen LogP contribution in [0.3, 0.4) is 0 Å². The Labute approximate surface area is 123 Å². The number of carboxylic acid groups (broad SMARTS) is 1. The lowest BCUT2D eigenvalue weighted by atomic mass is 9.99. The van der Waals surface area contributed by atoms with Gasteiger partial charge in [-0.3, -0.25) is 9.59 Å². The van der Waals surface area contributed by atoms with Crippen LogP contribution >= 0.6 is 0 Å². The second-order valence-corrected chi connectivity index (χ2v) is 4.95. The van der Waals surface area contributed by atoms with Gasteiger partial charge in [-0.1, -0.05) is 27.2 Å². The van der Waals surface area contributed by atoms with Crippen molar-refractivity contribution in [3.05, 3.63) is 28.2 Å². The molecule has 0 bridgehead atoms. The molecule has 1 heterocycles. The van der Waals surface area contributed by atoms with Gasteiger partial charge in [0, 0.05) is 12.6 Å². The van der Waals surface area contributed by atoms with Gasteiger partial charge >= 0.3 is 5.97 Å². The molecule has 0 unspecified atom stereocenters. The molecule has 1 aromatic heterocycles. The number of aryl methyl sites for hydroxylation is 1. The van der Waals surface area contributed by atoms with E-state index in [0.29, 0.717) is 19.4 Å². The van der Waals surface area contributed by atoms with Crippen LogP contribution in [-0.2, 0) is 11.3 Å². The van der Waals surface area contributed by atoms with Gasteiger partial charge in [0.15, 0.2) is 0 Å². The van der Waals surface area contributed by atoms with Crippen LogP contribution in [-0.4, -0.2) is 32.8 Å². The first-order chi connectivity index (χ1) is 9.90. The Morgan fingerprint density at radius 3 is 2.57 bits per heavy atom. The first-order valence-corrected chi connectivity index (χ1v) is 7.02. The molecule has 0 aromatic carbocycles. The van der Waals surface area contributed by atoms with Crippen molar-refractivity contribution >= 4 is 11.9 Å². The van der Waals surface area contributed by atoms with Gasteiger partial charge in [-0.25, -0.2) is 9.48 Å². The Kier molecular flexibility index (Phi) is 6.08. The molecule has 116 valence electrons. The van der Waals surface area contributed by atoms with Gasteiger partial charge in [-0.05, 0) is 18.4 Å². The maximum atomic E-state index is 12.1. The van der Waals surface area contributed by atoms with Crippen molar-refractivity contribution in [2.75, 3.05) is 0 Å². The predicted octanol–water partition coefficient (Wildman–Crippen LogP) is 0.882. The fourth-order valence-electron chi connectivity index (χ4n) is 1.84. The van der Waals surface area contributed by atoms with Crippen LogP contribution in [0.5, 0.6) is 0 Å². The zero-order valence-electron chi connectivity index (χ0n) is 12.5. The first kappa shape index (κ1) is 16.9. The number of nitrogens with one attached hydrogen (secondary N) is 1. The lowest BCUT2D eigenvalue weighted by Gasteiger charge is -2.19. The molecule has 7 nitrogen and oxygen atoms in total. The molecule has 0 fully saturated rings. The molecule has 1 rings (SSSR count). The molecule has 2 atom stereocenters. The Bertz CT molecular complexity index is 568. The lowest BCUT2D eigenvalue weighted by Crippen LogP contribution is -2.45. The van der Waals surface area contributed by atoms with Crippen molar-refractivity contribution in [2.45, 2.75) is 46.2 Å². The topological polar surface area (TPSA) is 101 Å². The number of rotatable bonds is 7. The van der Waals surface area contributed by atoms with Gasteiger partial charge in [-0.2, -0.15) is 5.10 Å². The molecule has 0 aliphatic heterocycles. The third-order valence-corrected chi connectivity index (χ3v) is 3.30. The summed E-state index contributed by atoms with van der Waals surface area (Å²) in [6.07, 6.45) is 1.34. The molecule has 0 radical (unpaired) electrons. The van der Waals surface area contributed by atoms with Crippen molar-refractivity contribution in [1.82, 2.24) is 15.1 Å². The van der Waals surface area contributed by atoms with Gasteiger partial charge in [-0.15, -0.1) is 0 Å². The summed E-state index contributed by atoms with van der Waals surface area (Å²) in [5, 5.41) is 15.6. The third kappa shape index (κ3) is 4.40. The number of nitrogens with zero attached hydrogens (tertiary/aromatic N) is 2. The highest BCUT2D eigenvalue weighted by atomic mass is 16.4. The normalized spacial score (nSPS) is 13.5. The minimum atomic E-state index is -1.08. The van der Waals surface area contributed by atoms with Crippen molar-refractivity contribution in [2.24, 2.45) is 5.92 Å². The number of carbonyl (C=O) groups excluding carboxylic acids is 1. The van der Waals surface area contributed by atoms with Crippen molar-refractivity contribution in [3.63, 3.8) is 0 Å². The quantitative estimate of drug-likeness (QED) is 0.777. The first-order valence-electron chi connectivity index (χ1n) is 7.02. The average Bonchev–Trinajstić information content (AvgIpc) is 2.45. The fourth-order valence-corrected chi connectivity index (χ4v) is 1.84. The zero-order chi connectivity index (χ0) is 16.0. The average molecular weight is 295 g/mol. The van der Waals surface area contributed by atoms with Gasteiger partial charge in [0.1, 0.15) is 11.7 Å². The summed E-state index contributed by atoms with van der Waals surface area (Å²) in [5.74, 6) is -1.87. The highest BCUT2D eigenvalue weighted by Crippen LogP contribution is 2.08. The molecule has 0 aliphatic rings. The van der Waals surface area contributed by atoms with Crippen LogP contribution in [0.4, 0.5) is 0 Å². The maximum Gasteiger partial charge on any atom is 0.326 e. The standard InChI is InChI=1S/C14H21N3O4/c1-4-8-17-11(18)7-6-10(16-17)13(19)15-12(14(20)21)9(3)5-2/h6-7,9,12H,4-5,8H2,1-3H3,(H,15,19)(H,20,21)/t9-,12-/m0/s1. The van der Waals surface area contributed by atoms with Crippen LogP contribution in [0, 0.1) is 5.92 Å². The summed E-state index contributed by atoms with van der Waals surface area (Å²) in [6.45, 7) is 5.91. The van der Waals surface area contributed by atoms with E-state index in [1.165, 1.54) is 16.8 Å². The van der Waals surface area contributed by atoms with E-state index in [9.17, 15) is 14.4 Å². The summed E-state index contributed by atoms with van der Waals surface area (Å²) >= 11 is 0. The molecule has 7 heteroatoms. The van der Waals surface area contributed by atoms with Gasteiger partial charge < -0.3 is 10.4 Å². The number of aliphatic carboxylic acids is 1. The number of carbonyl (C=O) groups is 2. The molecule has 2 N–H and O–H groups in total. The highest BCUT2D eigenvalue weighted by molar-refractivity contribution is 5.94. The van der Waals surface area contributed by atoms with E-state index in [-0.39, 0.29) is 17.2 Å². The second-order valence-electron chi connectivity index (χ2n) is 4.95. The summed E-state index contributed by atoms with van der Waals surface area (Å²) < 4.78 is 1.20. The minimum Gasteiger partial charge on any atom is -0.480 e. The molecule has 21 heavy (non-hydrogen) atoms. The van der Waals surface area contributed by atoms with E-state index >= 15 is 0 Å². The zero-order valence-corrected chi connectivity index (χ0v) is 12.5. The Hall–Kier alpha value is -2.18.